The molecule has 14 nitrogen and oxygen atoms in total. The summed E-state index contributed by atoms with van der Waals surface area (Å²) >= 11 is 0. The molecule has 0 aliphatic rings. The van der Waals surface area contributed by atoms with Crippen LogP contribution in [0.3, 0.4) is 0 Å². The fourth-order valence-electron chi connectivity index (χ4n) is 14.9. The lowest BCUT2D eigenvalue weighted by Gasteiger charge is -2.21. The second kappa shape index (κ2) is 55.0. The third-order valence-corrected chi connectivity index (χ3v) is 23.1. The molecule has 0 bridgehead atoms. The van der Waals surface area contributed by atoms with Crippen molar-refractivity contribution in [2.45, 2.75) is 279 Å². The van der Waals surface area contributed by atoms with Crippen molar-refractivity contribution in [1.82, 2.24) is 21.3 Å². The van der Waals surface area contributed by atoms with Crippen LogP contribution in [0.2, 0.25) is 0 Å². The van der Waals surface area contributed by atoms with E-state index in [9.17, 15) is 19.2 Å². The molecule has 0 aliphatic heterocycles. The topological polar surface area (TPSA) is 172 Å². The van der Waals surface area contributed by atoms with Crippen LogP contribution >= 0.6 is 0 Å². The van der Waals surface area contributed by atoms with Crippen LogP contribution < -0.4 is 49.7 Å². The van der Waals surface area contributed by atoms with Gasteiger partial charge < -0.3 is 49.7 Å². The number of hydrogen-bond acceptors (Lipinski definition) is 10. The van der Waals surface area contributed by atoms with Crippen LogP contribution in [0.1, 0.15) is 320 Å². The van der Waals surface area contributed by atoms with Gasteiger partial charge in [-0.2, -0.15) is 0 Å². The molecule has 6 rings (SSSR count). The molecule has 4 N–H and O–H groups in total. The summed E-state index contributed by atoms with van der Waals surface area (Å²) in [6, 6.07) is 39.1. The zero-order chi connectivity index (χ0) is 85.7. The van der Waals surface area contributed by atoms with E-state index in [1.54, 1.807) is 24.3 Å². The van der Waals surface area contributed by atoms with Crippen LogP contribution in [0.25, 0.3) is 33.4 Å². The summed E-state index contributed by atoms with van der Waals surface area (Å²) in [6.45, 7) is 45.1. The van der Waals surface area contributed by atoms with E-state index in [0.29, 0.717) is 167 Å². The molecule has 0 aliphatic carbocycles. The van der Waals surface area contributed by atoms with E-state index >= 15 is 0 Å². The maximum atomic E-state index is 14.1. The van der Waals surface area contributed by atoms with E-state index in [-0.39, 0.29) is 49.8 Å². The van der Waals surface area contributed by atoms with E-state index in [4.69, 9.17) is 28.4 Å². The Morgan fingerprint density at radius 1 is 0.220 bits per heavy atom. The van der Waals surface area contributed by atoms with Crippen LogP contribution in [0.15, 0.2) is 121 Å². The first-order chi connectivity index (χ1) is 56.6. The second-order valence-electron chi connectivity index (χ2n) is 37.3. The van der Waals surface area contributed by atoms with Crippen LogP contribution in [0, 0.1) is 71.0 Å². The Balaban J connectivity index is 1.02. The molecule has 0 saturated carbocycles. The van der Waals surface area contributed by atoms with E-state index in [2.05, 4.69) is 194 Å². The number of nitrogens with one attached hydrogen (secondary N) is 4. The maximum absolute atomic E-state index is 14.1. The molecule has 0 saturated heterocycles. The highest BCUT2D eigenvalue weighted by Gasteiger charge is 2.24. The van der Waals surface area contributed by atoms with Gasteiger partial charge in [-0.25, -0.2) is 0 Å². The van der Waals surface area contributed by atoms with Crippen LogP contribution in [0.5, 0.6) is 34.5 Å². The summed E-state index contributed by atoms with van der Waals surface area (Å²) in [7, 11) is 0. The number of rotatable bonds is 61. The summed E-state index contributed by atoms with van der Waals surface area (Å²) in [5.74, 6) is 9.31. The number of hydrogen-bond donors (Lipinski definition) is 4. The highest BCUT2D eigenvalue weighted by molar-refractivity contribution is 5.97. The van der Waals surface area contributed by atoms with Gasteiger partial charge in [0.05, 0.1) is 39.6 Å². The van der Waals surface area contributed by atoms with Crippen molar-refractivity contribution in [3.63, 3.8) is 0 Å². The van der Waals surface area contributed by atoms with E-state index in [1.165, 1.54) is 77.0 Å². The fourth-order valence-corrected chi connectivity index (χ4v) is 14.9. The maximum Gasteiger partial charge on any atom is 0.251 e. The number of amides is 4. The normalized spacial score (nSPS) is 13.2. The van der Waals surface area contributed by atoms with Crippen LogP contribution in [-0.4, -0.2) is 89.4 Å². The summed E-state index contributed by atoms with van der Waals surface area (Å²) in [5, 5.41) is 12.1. The van der Waals surface area contributed by atoms with Crippen molar-refractivity contribution >= 4 is 23.6 Å². The Morgan fingerprint density at radius 2 is 0.390 bits per heavy atom. The lowest BCUT2D eigenvalue weighted by Crippen LogP contribution is -2.34. The fraction of sp³-hybridized carbons (Fsp3) is 0.615. The third kappa shape index (κ3) is 39.0. The average Bonchev–Trinajstić information content (AvgIpc) is 0.826. The first-order valence-corrected chi connectivity index (χ1v) is 46.3. The van der Waals surface area contributed by atoms with Gasteiger partial charge in [-0.1, -0.05) is 313 Å². The minimum absolute atomic E-state index is 0.222. The molecule has 4 amide bonds. The minimum Gasteiger partial charge on any atom is -0.490 e. The predicted molar refractivity (Wildman–Crippen MR) is 493 cm³/mol. The van der Waals surface area contributed by atoms with Gasteiger partial charge in [0, 0.05) is 48.4 Å². The average molecular weight is 1620 g/mol. The zero-order valence-corrected chi connectivity index (χ0v) is 76.6. The molecule has 0 fully saturated rings. The molecular weight excluding hydrogens is 1470 g/mol. The zero-order valence-electron chi connectivity index (χ0n) is 76.6. The Hall–Kier alpha value is -8.00. The number of carbonyl (C=O) groups excluding carboxylic acids is 4. The smallest absolute Gasteiger partial charge is 0.251 e. The van der Waals surface area contributed by atoms with Gasteiger partial charge in [0.1, 0.15) is 0 Å². The first-order valence-electron chi connectivity index (χ1n) is 46.3. The van der Waals surface area contributed by atoms with Crippen molar-refractivity contribution in [2.75, 3.05) is 65.8 Å². The van der Waals surface area contributed by atoms with E-state index in [0.717, 1.165) is 110 Å². The molecule has 6 aromatic carbocycles. The quantitative estimate of drug-likeness (QED) is 0.0269. The summed E-state index contributed by atoms with van der Waals surface area (Å²) in [5.41, 5.74) is 8.01. The second-order valence-corrected chi connectivity index (χ2v) is 37.3. The first kappa shape index (κ1) is 98.8. The van der Waals surface area contributed by atoms with Crippen LogP contribution in [0.4, 0.5) is 0 Å². The van der Waals surface area contributed by atoms with E-state index < -0.39 is 0 Å². The predicted octanol–water partition coefficient (Wildman–Crippen LogP) is 26.4. The molecule has 0 spiro atoms. The number of carbonyl (C=O) groups is 4. The molecule has 6 aromatic rings. The standard InChI is InChI=1S/C104H158N4O10/c1-73(2)25-19-31-79(13)53-63-113-95-69-93(70-96(114-64-54-80(14)32-20-26-74(3)4)99(95)117-67-57-83(17)35-23-29-77(9)10)103(111)107-61-59-105-101(109)91-49-45-89(46-50-91)87-41-37-85(38-42-87)86-39-43-88(44-40-86)90-47-51-92(52-48-90)102(110)106-60-62-108-104(112)94-71-97(115-65-55-81(15)33-21-27-75(5)6)100(118-68-58-84(18)36-24-30-78(11)12)98(72-94)116-66-56-82(16)34-22-28-76(7)8/h37-52,69-84H,19-36,53-68H2,1-18H3,(H,105,109)(H,106,110)(H,107,111)(H,108,112)/t79-,80-,81-,82-,83-,84-/m0/s1. The Kier molecular flexibility index (Phi) is 46.1. The molecule has 6 atom stereocenters. The van der Waals surface area contributed by atoms with Gasteiger partial charge in [0.15, 0.2) is 23.0 Å². The monoisotopic (exact) mass is 1620 g/mol. The van der Waals surface area contributed by atoms with Crippen molar-refractivity contribution in [2.24, 2.45) is 71.0 Å². The SMILES string of the molecule is CC(C)CCC[C@H](C)CCOc1cc(C(=O)NCCNC(=O)c2ccc(-c3ccc(-c4ccc(-c5ccc(C(=O)NCCNC(=O)c6cc(OCC[C@@H](C)CCCC(C)C)c(OCC[C@@H](C)CCCC(C)C)c(OCC[C@@H](C)CCCC(C)C)c6)cc5)cc4)cc3)cc2)cc(OCC[C@@H](C)CCCC(C)C)c1OCC[C@@H](C)CCCC(C)C. The lowest BCUT2D eigenvalue weighted by molar-refractivity contribution is 0.0927. The molecule has 0 aromatic heterocycles. The van der Waals surface area contributed by atoms with Crippen molar-refractivity contribution in [3.05, 3.63) is 144 Å². The minimum atomic E-state index is -0.283. The van der Waals surface area contributed by atoms with Crippen molar-refractivity contribution in [3.8, 4) is 67.9 Å². The van der Waals surface area contributed by atoms with Gasteiger partial charge in [0.25, 0.3) is 23.6 Å². The molecule has 14 heteroatoms. The van der Waals surface area contributed by atoms with Gasteiger partial charge in [-0.3, -0.25) is 19.2 Å². The highest BCUT2D eigenvalue weighted by atomic mass is 16.5. The summed E-state index contributed by atoms with van der Waals surface area (Å²) < 4.78 is 39.7. The van der Waals surface area contributed by atoms with Crippen LogP contribution in [-0.2, 0) is 0 Å². The molecule has 0 unspecified atom stereocenters. The molecular formula is C104H158N4O10. The van der Waals surface area contributed by atoms with E-state index in [1.807, 2.05) is 48.5 Å². The van der Waals surface area contributed by atoms with Crippen molar-refractivity contribution < 1.29 is 47.6 Å². The largest absolute Gasteiger partial charge is 0.490 e. The summed E-state index contributed by atoms with van der Waals surface area (Å²) in [6.07, 6.45) is 26.7. The number of benzene rings is 6. The molecule has 0 radical (unpaired) electrons. The molecule has 0 heterocycles. The van der Waals surface area contributed by atoms with Gasteiger partial charge in [0.2, 0.25) is 11.5 Å². The summed E-state index contributed by atoms with van der Waals surface area (Å²) in [4.78, 5) is 55.3. The van der Waals surface area contributed by atoms with Gasteiger partial charge in [-0.15, -0.1) is 0 Å². The Bertz CT molecular complexity index is 3450. The lowest BCUT2D eigenvalue weighted by atomic mass is 9.97. The highest BCUT2D eigenvalue weighted by Crippen LogP contribution is 2.42. The third-order valence-electron chi connectivity index (χ3n) is 23.1. The molecule has 118 heavy (non-hydrogen) atoms. The Labute approximate surface area is 715 Å². The van der Waals surface area contributed by atoms with Crippen molar-refractivity contribution in [1.29, 1.82) is 0 Å². The number of ether oxygens (including phenoxy) is 6. The van der Waals surface area contributed by atoms with Gasteiger partial charge in [-0.05, 0) is 191 Å². The Morgan fingerprint density at radius 3 is 0.576 bits per heavy atom. The molecule has 654 valence electrons. The van der Waals surface area contributed by atoms with Gasteiger partial charge >= 0.3 is 0 Å².